The minimum Gasteiger partial charge on any atom is -0.497 e. The summed E-state index contributed by atoms with van der Waals surface area (Å²) in [6.45, 7) is 4.57. The summed E-state index contributed by atoms with van der Waals surface area (Å²) in [6, 6.07) is 14.2. The second-order valence-electron chi connectivity index (χ2n) is 6.78. The topological polar surface area (TPSA) is 57.9 Å². The number of rotatable bonds is 5. The average molecular weight is 538 g/mol. The molecule has 4 rings (SSSR count). The highest BCUT2D eigenvalue weighted by atomic mass is 127. The maximum atomic E-state index is 5.21. The van der Waals surface area contributed by atoms with Gasteiger partial charge in [-0.25, -0.2) is 4.68 Å². The summed E-state index contributed by atoms with van der Waals surface area (Å²) in [7, 11) is 3.51. The quantitative estimate of drug-likeness (QED) is 0.307. The Labute approximate surface area is 198 Å². The molecular weight excluding hydrogens is 511 g/mol. The highest BCUT2D eigenvalue weighted by molar-refractivity contribution is 14.0. The SMILES string of the molecule is CN=C(NCc1ccn(-c2ccc(OC)cc2)n1)N1CCN(c2cccs2)CC1.I. The van der Waals surface area contributed by atoms with E-state index in [2.05, 4.69) is 42.7 Å². The van der Waals surface area contributed by atoms with E-state index < -0.39 is 0 Å². The first-order valence-electron chi connectivity index (χ1n) is 9.70. The summed E-state index contributed by atoms with van der Waals surface area (Å²) >= 11 is 1.80. The zero-order valence-corrected chi connectivity index (χ0v) is 20.3. The monoisotopic (exact) mass is 538 g/mol. The van der Waals surface area contributed by atoms with Crippen molar-refractivity contribution in [3.63, 3.8) is 0 Å². The van der Waals surface area contributed by atoms with Crippen LogP contribution >= 0.6 is 35.3 Å². The summed E-state index contributed by atoms with van der Waals surface area (Å²) < 4.78 is 7.09. The lowest BCUT2D eigenvalue weighted by Gasteiger charge is -2.36. The molecule has 1 saturated heterocycles. The molecule has 0 spiro atoms. The molecule has 1 fully saturated rings. The van der Waals surface area contributed by atoms with Crippen molar-refractivity contribution in [2.24, 2.45) is 4.99 Å². The number of hydrogen-bond donors (Lipinski definition) is 1. The number of guanidine groups is 1. The number of hydrogen-bond acceptors (Lipinski definition) is 5. The molecule has 1 aromatic carbocycles. The van der Waals surface area contributed by atoms with Crippen LogP contribution in [0.2, 0.25) is 0 Å². The summed E-state index contributed by atoms with van der Waals surface area (Å²) in [5.74, 6) is 1.76. The van der Waals surface area contributed by atoms with Gasteiger partial charge in [0.05, 0.1) is 30.0 Å². The number of halogens is 1. The number of aliphatic imine (C=N–C) groups is 1. The fourth-order valence-corrected chi connectivity index (χ4v) is 4.21. The number of nitrogens with zero attached hydrogens (tertiary/aromatic N) is 5. The maximum absolute atomic E-state index is 5.21. The van der Waals surface area contributed by atoms with E-state index in [-0.39, 0.29) is 24.0 Å². The second-order valence-corrected chi connectivity index (χ2v) is 7.70. The maximum Gasteiger partial charge on any atom is 0.194 e. The van der Waals surface area contributed by atoms with Crippen LogP contribution in [0.25, 0.3) is 5.69 Å². The van der Waals surface area contributed by atoms with E-state index in [1.165, 1.54) is 5.00 Å². The number of thiophene rings is 1. The van der Waals surface area contributed by atoms with Gasteiger partial charge in [-0.3, -0.25) is 4.99 Å². The molecule has 160 valence electrons. The minimum atomic E-state index is 0. The van der Waals surface area contributed by atoms with E-state index in [9.17, 15) is 0 Å². The van der Waals surface area contributed by atoms with Crippen LogP contribution in [0, 0.1) is 0 Å². The molecule has 3 aromatic rings. The third-order valence-electron chi connectivity index (χ3n) is 5.02. The summed E-state index contributed by atoms with van der Waals surface area (Å²) in [6.07, 6.45) is 1.97. The third-order valence-corrected chi connectivity index (χ3v) is 5.95. The Kier molecular flexibility index (Phi) is 7.97. The van der Waals surface area contributed by atoms with Gasteiger partial charge >= 0.3 is 0 Å². The van der Waals surface area contributed by atoms with Gasteiger partial charge in [0.15, 0.2) is 5.96 Å². The number of aromatic nitrogens is 2. The molecule has 1 N–H and O–H groups in total. The van der Waals surface area contributed by atoms with Gasteiger partial charge in [-0.15, -0.1) is 35.3 Å². The van der Waals surface area contributed by atoms with Crippen molar-refractivity contribution in [2.45, 2.75) is 6.54 Å². The molecule has 2 aromatic heterocycles. The lowest BCUT2D eigenvalue weighted by atomic mass is 10.3. The van der Waals surface area contributed by atoms with Crippen LogP contribution in [0.1, 0.15) is 5.69 Å². The summed E-state index contributed by atoms with van der Waals surface area (Å²) in [4.78, 5) is 9.21. The van der Waals surface area contributed by atoms with Crippen LogP contribution in [0.3, 0.4) is 0 Å². The van der Waals surface area contributed by atoms with Gasteiger partial charge in [0.2, 0.25) is 0 Å². The Balaban J connectivity index is 0.00000256. The first kappa shape index (κ1) is 22.4. The first-order chi connectivity index (χ1) is 14.3. The second kappa shape index (κ2) is 10.7. The van der Waals surface area contributed by atoms with E-state index in [0.717, 1.165) is 49.3 Å². The van der Waals surface area contributed by atoms with Crippen LogP contribution in [-0.4, -0.2) is 61.0 Å². The largest absolute Gasteiger partial charge is 0.497 e. The highest BCUT2D eigenvalue weighted by Crippen LogP contribution is 2.22. The molecule has 30 heavy (non-hydrogen) atoms. The number of methoxy groups -OCH3 is 1. The predicted octanol–water partition coefficient (Wildman–Crippen LogP) is 3.46. The van der Waals surface area contributed by atoms with E-state index in [1.807, 2.05) is 48.3 Å². The Morgan fingerprint density at radius 2 is 1.90 bits per heavy atom. The van der Waals surface area contributed by atoms with Crippen molar-refractivity contribution in [3.8, 4) is 11.4 Å². The van der Waals surface area contributed by atoms with Gasteiger partial charge in [-0.1, -0.05) is 0 Å². The van der Waals surface area contributed by atoms with Crippen LogP contribution in [0.4, 0.5) is 5.00 Å². The zero-order chi connectivity index (χ0) is 20.1. The highest BCUT2D eigenvalue weighted by Gasteiger charge is 2.20. The van der Waals surface area contributed by atoms with Crippen LogP contribution < -0.4 is 15.0 Å². The van der Waals surface area contributed by atoms with Crippen molar-refractivity contribution < 1.29 is 4.74 Å². The number of piperazine rings is 1. The molecule has 3 heterocycles. The molecule has 1 aliphatic rings. The molecule has 0 aliphatic carbocycles. The van der Waals surface area contributed by atoms with Gasteiger partial charge in [-0.05, 0) is 47.8 Å². The van der Waals surface area contributed by atoms with Gasteiger partial charge in [0.25, 0.3) is 0 Å². The average Bonchev–Trinajstić information content (AvgIpc) is 3.47. The van der Waals surface area contributed by atoms with Crippen molar-refractivity contribution >= 4 is 46.3 Å². The molecule has 0 radical (unpaired) electrons. The van der Waals surface area contributed by atoms with E-state index in [0.29, 0.717) is 6.54 Å². The Morgan fingerprint density at radius 1 is 1.13 bits per heavy atom. The van der Waals surface area contributed by atoms with Crippen molar-refractivity contribution in [1.82, 2.24) is 20.0 Å². The van der Waals surface area contributed by atoms with E-state index >= 15 is 0 Å². The van der Waals surface area contributed by atoms with Crippen LogP contribution in [0.15, 0.2) is 59.0 Å². The number of ether oxygens (including phenoxy) is 1. The molecular formula is C21H27IN6OS. The van der Waals surface area contributed by atoms with Gasteiger partial charge in [-0.2, -0.15) is 5.10 Å². The summed E-state index contributed by atoms with van der Waals surface area (Å²) in [5, 5.41) is 11.6. The number of anilines is 1. The molecule has 0 bridgehead atoms. The van der Waals surface area contributed by atoms with Crippen molar-refractivity contribution in [1.29, 1.82) is 0 Å². The van der Waals surface area contributed by atoms with Gasteiger partial charge < -0.3 is 19.9 Å². The van der Waals surface area contributed by atoms with Crippen molar-refractivity contribution in [2.75, 3.05) is 45.2 Å². The van der Waals surface area contributed by atoms with E-state index in [1.54, 1.807) is 18.4 Å². The number of nitrogens with one attached hydrogen (secondary N) is 1. The van der Waals surface area contributed by atoms with E-state index in [4.69, 9.17) is 4.74 Å². The van der Waals surface area contributed by atoms with Gasteiger partial charge in [0, 0.05) is 39.4 Å². The third kappa shape index (κ3) is 5.25. The molecule has 0 saturated carbocycles. The summed E-state index contributed by atoms with van der Waals surface area (Å²) in [5.41, 5.74) is 1.98. The molecule has 0 unspecified atom stereocenters. The molecule has 1 aliphatic heterocycles. The Morgan fingerprint density at radius 3 is 2.53 bits per heavy atom. The predicted molar refractivity (Wildman–Crippen MR) is 134 cm³/mol. The fraction of sp³-hybridized carbons (Fsp3) is 0.333. The van der Waals surface area contributed by atoms with Gasteiger partial charge in [0.1, 0.15) is 5.75 Å². The molecule has 0 amide bonds. The first-order valence-corrected chi connectivity index (χ1v) is 10.6. The smallest absolute Gasteiger partial charge is 0.194 e. The Hall–Kier alpha value is -2.27. The normalized spacial score (nSPS) is 14.4. The zero-order valence-electron chi connectivity index (χ0n) is 17.2. The van der Waals surface area contributed by atoms with Crippen LogP contribution in [-0.2, 0) is 6.54 Å². The van der Waals surface area contributed by atoms with Crippen molar-refractivity contribution in [3.05, 3.63) is 59.7 Å². The molecule has 9 heteroatoms. The number of benzene rings is 1. The minimum absolute atomic E-state index is 0. The molecule has 0 atom stereocenters. The lowest BCUT2D eigenvalue weighted by Crippen LogP contribution is -2.52. The standard InChI is InChI=1S/C21H26N6OS.HI/c1-22-21(26-13-11-25(12-14-26)20-4-3-15-29-20)23-16-17-9-10-27(24-17)18-5-7-19(28-2)8-6-18;/h3-10,15H,11-14,16H2,1-2H3,(H,22,23);1H. The molecule has 7 nitrogen and oxygen atoms in total. The Bertz CT molecular complexity index is 933. The lowest BCUT2D eigenvalue weighted by molar-refractivity contribution is 0.373. The van der Waals surface area contributed by atoms with Crippen LogP contribution in [0.5, 0.6) is 5.75 Å². The fourth-order valence-electron chi connectivity index (χ4n) is 3.43.